The van der Waals surface area contributed by atoms with Crippen LogP contribution in [0, 0.1) is 17.1 Å². The van der Waals surface area contributed by atoms with Gasteiger partial charge in [0.1, 0.15) is 23.2 Å². The quantitative estimate of drug-likeness (QED) is 0.696. The molecule has 88 valence electrons. The van der Waals surface area contributed by atoms with Gasteiger partial charge >= 0.3 is 5.97 Å². The van der Waals surface area contributed by atoms with E-state index in [1.165, 1.54) is 7.11 Å². The molecule has 0 spiro atoms. The molecule has 0 aliphatic carbocycles. The molecule has 1 aromatic rings. The van der Waals surface area contributed by atoms with Crippen molar-refractivity contribution in [3.05, 3.63) is 28.6 Å². The van der Waals surface area contributed by atoms with E-state index in [2.05, 4.69) is 4.74 Å². The highest BCUT2D eigenvalue weighted by Crippen LogP contribution is 2.33. The van der Waals surface area contributed by atoms with Crippen molar-refractivity contribution < 1.29 is 18.7 Å². The van der Waals surface area contributed by atoms with E-state index >= 15 is 0 Å². The summed E-state index contributed by atoms with van der Waals surface area (Å²) in [6, 6.07) is 2.80. The van der Waals surface area contributed by atoms with Gasteiger partial charge in [-0.25, -0.2) is 9.18 Å². The lowest BCUT2D eigenvalue weighted by Gasteiger charge is -2.20. The number of ether oxygens (including phenoxy) is 2. The number of rotatable bonds is 1. The van der Waals surface area contributed by atoms with Crippen LogP contribution in [0.1, 0.15) is 27.9 Å². The number of benzene rings is 1. The molecular formula is C12H10FNO3. The standard InChI is InChI=1S/C12H10FNO3/c1-16-12(15)8-5-10(13)9(6-14)11-7(8)3-2-4-17-11/h5H,2-4H2,1H3. The topological polar surface area (TPSA) is 59.3 Å². The number of halogens is 1. The van der Waals surface area contributed by atoms with Gasteiger partial charge in [-0.15, -0.1) is 0 Å². The second-order valence-corrected chi connectivity index (χ2v) is 3.64. The van der Waals surface area contributed by atoms with E-state index in [0.717, 1.165) is 12.5 Å². The molecule has 0 N–H and O–H groups in total. The van der Waals surface area contributed by atoms with Gasteiger partial charge < -0.3 is 9.47 Å². The SMILES string of the molecule is COC(=O)c1cc(F)c(C#N)c2c1CCCO2. The molecule has 1 aliphatic rings. The highest BCUT2D eigenvalue weighted by Gasteiger charge is 2.25. The van der Waals surface area contributed by atoms with Gasteiger partial charge in [-0.1, -0.05) is 0 Å². The maximum atomic E-state index is 13.6. The van der Waals surface area contributed by atoms with Crippen LogP contribution in [0.3, 0.4) is 0 Å². The Morgan fingerprint density at radius 2 is 2.41 bits per heavy atom. The number of esters is 1. The van der Waals surface area contributed by atoms with Gasteiger partial charge in [-0.05, 0) is 18.9 Å². The number of nitrogens with zero attached hydrogens (tertiary/aromatic N) is 1. The summed E-state index contributed by atoms with van der Waals surface area (Å²) in [5.74, 6) is -1.19. The molecule has 0 bridgehead atoms. The van der Waals surface area contributed by atoms with E-state index in [1.54, 1.807) is 6.07 Å². The van der Waals surface area contributed by atoms with Crippen LogP contribution in [0.4, 0.5) is 4.39 Å². The van der Waals surface area contributed by atoms with Crippen LogP contribution in [-0.2, 0) is 11.2 Å². The van der Waals surface area contributed by atoms with E-state index in [1.807, 2.05) is 0 Å². The number of fused-ring (bicyclic) bond motifs is 1. The van der Waals surface area contributed by atoms with Crippen LogP contribution >= 0.6 is 0 Å². The first-order chi connectivity index (χ1) is 8.19. The second-order valence-electron chi connectivity index (χ2n) is 3.64. The van der Waals surface area contributed by atoms with E-state index in [4.69, 9.17) is 10.00 Å². The minimum absolute atomic E-state index is 0.138. The lowest BCUT2D eigenvalue weighted by molar-refractivity contribution is 0.0597. The monoisotopic (exact) mass is 235 g/mol. The number of nitriles is 1. The zero-order chi connectivity index (χ0) is 12.4. The first-order valence-electron chi connectivity index (χ1n) is 5.15. The Hall–Kier alpha value is -2.09. The molecule has 5 heteroatoms. The fourth-order valence-electron chi connectivity index (χ4n) is 1.89. The third kappa shape index (κ3) is 1.82. The Kier molecular flexibility index (Phi) is 2.96. The molecular weight excluding hydrogens is 225 g/mol. The van der Waals surface area contributed by atoms with E-state index in [-0.39, 0.29) is 16.9 Å². The minimum Gasteiger partial charge on any atom is -0.492 e. The summed E-state index contributed by atoms with van der Waals surface area (Å²) >= 11 is 0. The zero-order valence-corrected chi connectivity index (χ0v) is 9.25. The predicted octanol–water partition coefficient (Wildman–Crippen LogP) is 1.81. The van der Waals surface area contributed by atoms with Crippen molar-refractivity contribution in [2.75, 3.05) is 13.7 Å². The average molecular weight is 235 g/mol. The summed E-state index contributed by atoms with van der Waals surface area (Å²) < 4.78 is 23.5. The molecule has 0 amide bonds. The van der Waals surface area contributed by atoms with Crippen molar-refractivity contribution in [1.29, 1.82) is 5.26 Å². The molecule has 0 saturated heterocycles. The first-order valence-corrected chi connectivity index (χ1v) is 5.15. The largest absolute Gasteiger partial charge is 0.492 e. The van der Waals surface area contributed by atoms with Crippen molar-refractivity contribution in [3.63, 3.8) is 0 Å². The van der Waals surface area contributed by atoms with Gasteiger partial charge in [-0.3, -0.25) is 0 Å². The van der Waals surface area contributed by atoms with Gasteiger partial charge in [0.05, 0.1) is 19.3 Å². The highest BCUT2D eigenvalue weighted by molar-refractivity contribution is 5.92. The lowest BCUT2D eigenvalue weighted by atomic mass is 9.96. The molecule has 0 unspecified atom stereocenters. The van der Waals surface area contributed by atoms with Crippen LogP contribution in [0.25, 0.3) is 0 Å². The average Bonchev–Trinajstić information content (AvgIpc) is 2.37. The normalized spacial score (nSPS) is 13.2. The van der Waals surface area contributed by atoms with Crippen molar-refractivity contribution >= 4 is 5.97 Å². The van der Waals surface area contributed by atoms with Crippen LogP contribution < -0.4 is 4.74 Å². The molecule has 0 atom stereocenters. The maximum Gasteiger partial charge on any atom is 0.338 e. The van der Waals surface area contributed by atoms with Crippen molar-refractivity contribution in [2.24, 2.45) is 0 Å². The fourth-order valence-corrected chi connectivity index (χ4v) is 1.89. The van der Waals surface area contributed by atoms with Crippen molar-refractivity contribution in [2.45, 2.75) is 12.8 Å². The zero-order valence-electron chi connectivity index (χ0n) is 9.25. The Morgan fingerprint density at radius 1 is 1.65 bits per heavy atom. The van der Waals surface area contributed by atoms with Crippen LogP contribution in [0.2, 0.25) is 0 Å². The molecule has 1 aromatic carbocycles. The van der Waals surface area contributed by atoms with E-state index in [9.17, 15) is 9.18 Å². The summed E-state index contributed by atoms with van der Waals surface area (Å²) in [5.41, 5.74) is 0.548. The fraction of sp³-hybridized carbons (Fsp3) is 0.333. The van der Waals surface area contributed by atoms with Crippen molar-refractivity contribution in [1.82, 2.24) is 0 Å². The Labute approximate surface area is 97.6 Å². The molecule has 2 rings (SSSR count). The lowest BCUT2D eigenvalue weighted by Crippen LogP contribution is -2.16. The first kappa shape index (κ1) is 11.4. The van der Waals surface area contributed by atoms with Gasteiger partial charge in [0.15, 0.2) is 0 Å². The number of carbonyl (C=O) groups excluding carboxylic acids is 1. The van der Waals surface area contributed by atoms with Gasteiger partial charge in [-0.2, -0.15) is 5.26 Å². The van der Waals surface area contributed by atoms with Gasteiger partial charge in [0, 0.05) is 5.56 Å². The van der Waals surface area contributed by atoms with E-state index < -0.39 is 11.8 Å². The molecule has 0 fully saturated rings. The third-order valence-corrected chi connectivity index (χ3v) is 2.67. The van der Waals surface area contributed by atoms with Gasteiger partial charge in [0.25, 0.3) is 0 Å². The van der Waals surface area contributed by atoms with Crippen LogP contribution in [0.15, 0.2) is 6.07 Å². The highest BCUT2D eigenvalue weighted by atomic mass is 19.1. The Morgan fingerprint density at radius 3 is 3.06 bits per heavy atom. The molecule has 0 saturated carbocycles. The molecule has 1 aliphatic heterocycles. The number of carbonyl (C=O) groups is 1. The van der Waals surface area contributed by atoms with Gasteiger partial charge in [0.2, 0.25) is 0 Å². The smallest absolute Gasteiger partial charge is 0.338 e. The van der Waals surface area contributed by atoms with Crippen LogP contribution in [-0.4, -0.2) is 19.7 Å². The maximum absolute atomic E-state index is 13.6. The summed E-state index contributed by atoms with van der Waals surface area (Å²) in [6.07, 6.45) is 1.31. The molecule has 4 nitrogen and oxygen atoms in total. The van der Waals surface area contributed by atoms with Crippen molar-refractivity contribution in [3.8, 4) is 11.8 Å². The molecule has 1 heterocycles. The van der Waals surface area contributed by atoms with E-state index in [0.29, 0.717) is 18.6 Å². The minimum atomic E-state index is -0.756. The predicted molar refractivity (Wildman–Crippen MR) is 56.3 cm³/mol. The summed E-state index contributed by atoms with van der Waals surface area (Å²) in [6.45, 7) is 0.422. The molecule has 0 aromatic heterocycles. The number of hydrogen-bond acceptors (Lipinski definition) is 4. The van der Waals surface area contributed by atoms with Crippen LogP contribution in [0.5, 0.6) is 5.75 Å². The number of methoxy groups -OCH3 is 1. The third-order valence-electron chi connectivity index (χ3n) is 2.67. The summed E-state index contributed by atoms with van der Waals surface area (Å²) in [7, 11) is 1.23. The number of hydrogen-bond donors (Lipinski definition) is 0. The molecule has 17 heavy (non-hydrogen) atoms. The summed E-state index contributed by atoms with van der Waals surface area (Å²) in [4.78, 5) is 11.5. The second kappa shape index (κ2) is 4.42. The Bertz CT molecular complexity index is 519. The Balaban J connectivity index is 2.67. The molecule has 0 radical (unpaired) electrons. The summed E-state index contributed by atoms with van der Waals surface area (Å²) in [5, 5.41) is 8.87.